The second kappa shape index (κ2) is 8.70. The van der Waals surface area contributed by atoms with Crippen molar-refractivity contribution in [1.29, 1.82) is 0 Å². The summed E-state index contributed by atoms with van der Waals surface area (Å²) in [5.41, 5.74) is -0.936. The summed E-state index contributed by atoms with van der Waals surface area (Å²) in [4.78, 5) is 29.1. The maximum atomic E-state index is 14.8. The molecule has 0 bridgehead atoms. The Bertz CT molecular complexity index is 2040. The average molecular weight is 589 g/mol. The van der Waals surface area contributed by atoms with E-state index in [-0.39, 0.29) is 54.7 Å². The van der Waals surface area contributed by atoms with Gasteiger partial charge in [-0.1, -0.05) is 0 Å². The lowest BCUT2D eigenvalue weighted by molar-refractivity contribution is -0.376. The Balaban J connectivity index is 1.73. The van der Waals surface area contributed by atoms with E-state index in [1.54, 1.807) is 0 Å². The van der Waals surface area contributed by atoms with Crippen LogP contribution in [0, 0.1) is 23.3 Å². The molecule has 218 valence electrons. The highest BCUT2D eigenvalue weighted by Crippen LogP contribution is 2.47. The topological polar surface area (TPSA) is 166 Å². The van der Waals surface area contributed by atoms with Gasteiger partial charge in [0.15, 0.2) is 29.5 Å². The standard InChI is InChI=1S/C27H19F4N3O8/c1-41-27(6-35)23(38)21(36)22(37)26(42-27)34-14-5-12(31)10(29)3-8(14)16-18-17(24(39)33-25(18)40)15-7-2-9(28)11(30)4-13(7)32-19(15)20(16)34/h2-5,21-23,26,32,35-38H,6H2,1H3,(H,33,39,40)/t21-,22-,23+,26-,27-/m1/s1. The van der Waals surface area contributed by atoms with Crippen LogP contribution in [-0.4, -0.2) is 79.6 Å². The van der Waals surface area contributed by atoms with E-state index in [9.17, 15) is 47.6 Å². The molecular formula is C27H19F4N3O8. The molecule has 3 aromatic carbocycles. The summed E-state index contributed by atoms with van der Waals surface area (Å²) < 4.78 is 70.2. The van der Waals surface area contributed by atoms with E-state index in [4.69, 9.17) is 9.47 Å². The van der Waals surface area contributed by atoms with Gasteiger partial charge < -0.3 is 39.5 Å². The van der Waals surface area contributed by atoms with Crippen LogP contribution >= 0.6 is 0 Å². The first-order valence-electron chi connectivity index (χ1n) is 12.5. The first-order chi connectivity index (χ1) is 19.9. The van der Waals surface area contributed by atoms with Crippen LogP contribution in [0.1, 0.15) is 26.9 Å². The quantitative estimate of drug-likeness (QED) is 0.137. The van der Waals surface area contributed by atoms with E-state index in [0.717, 1.165) is 35.9 Å². The Morgan fingerprint density at radius 2 is 1.50 bits per heavy atom. The van der Waals surface area contributed by atoms with Crippen LogP contribution in [0.15, 0.2) is 24.3 Å². The smallest absolute Gasteiger partial charge is 0.259 e. The number of fused-ring (bicyclic) bond motifs is 10. The summed E-state index contributed by atoms with van der Waals surface area (Å²) in [7, 11) is 1.05. The lowest BCUT2D eigenvalue weighted by Gasteiger charge is -2.47. The summed E-state index contributed by atoms with van der Waals surface area (Å²) in [6, 6.07) is 3.10. The number of carbonyl (C=O) groups excluding carboxylic acids is 2. The van der Waals surface area contributed by atoms with Gasteiger partial charge in [0.2, 0.25) is 5.79 Å². The number of hydrogen-bond donors (Lipinski definition) is 6. The number of hydrogen-bond acceptors (Lipinski definition) is 8. The molecule has 0 radical (unpaired) electrons. The van der Waals surface area contributed by atoms with Gasteiger partial charge in [-0.3, -0.25) is 14.9 Å². The molecule has 15 heteroatoms. The van der Waals surface area contributed by atoms with Crippen LogP contribution in [0.3, 0.4) is 0 Å². The van der Waals surface area contributed by atoms with Gasteiger partial charge in [-0.2, -0.15) is 0 Å². The lowest BCUT2D eigenvalue weighted by Crippen LogP contribution is -2.65. The second-order valence-corrected chi connectivity index (χ2v) is 10.2. The van der Waals surface area contributed by atoms with Gasteiger partial charge in [-0.15, -0.1) is 0 Å². The third-order valence-corrected chi connectivity index (χ3v) is 8.11. The van der Waals surface area contributed by atoms with E-state index in [1.807, 2.05) is 0 Å². The first-order valence-corrected chi connectivity index (χ1v) is 12.5. The van der Waals surface area contributed by atoms with Crippen LogP contribution in [0.5, 0.6) is 0 Å². The number of amides is 2. The molecule has 5 aromatic rings. The van der Waals surface area contributed by atoms with Crippen molar-refractivity contribution in [3.8, 4) is 0 Å². The molecule has 11 nitrogen and oxygen atoms in total. The maximum absolute atomic E-state index is 14.8. The zero-order valence-electron chi connectivity index (χ0n) is 21.2. The van der Waals surface area contributed by atoms with Gasteiger partial charge in [0.1, 0.15) is 24.9 Å². The number of imide groups is 1. The summed E-state index contributed by atoms with van der Waals surface area (Å²) >= 11 is 0. The van der Waals surface area contributed by atoms with Crippen molar-refractivity contribution in [3.63, 3.8) is 0 Å². The summed E-state index contributed by atoms with van der Waals surface area (Å²) in [5.74, 6) is -9.31. The highest BCUT2D eigenvalue weighted by Gasteiger charge is 2.55. The Morgan fingerprint density at radius 3 is 2.14 bits per heavy atom. The molecular weight excluding hydrogens is 570 g/mol. The molecule has 1 saturated heterocycles. The number of rotatable bonds is 3. The minimum absolute atomic E-state index is 0.0109. The predicted molar refractivity (Wildman–Crippen MR) is 135 cm³/mol. The van der Waals surface area contributed by atoms with E-state index in [0.29, 0.717) is 0 Å². The average Bonchev–Trinajstić information content (AvgIpc) is 3.57. The molecule has 0 aliphatic carbocycles. The zero-order chi connectivity index (χ0) is 30.0. The highest BCUT2D eigenvalue weighted by molar-refractivity contribution is 6.39. The van der Waals surface area contributed by atoms with Gasteiger partial charge in [0.25, 0.3) is 11.8 Å². The molecule has 2 aromatic heterocycles. The number of halogens is 4. The van der Waals surface area contributed by atoms with Gasteiger partial charge in [0.05, 0.1) is 27.7 Å². The van der Waals surface area contributed by atoms with Crippen molar-refractivity contribution in [2.45, 2.75) is 30.3 Å². The van der Waals surface area contributed by atoms with Crippen molar-refractivity contribution < 1.29 is 57.1 Å². The van der Waals surface area contributed by atoms with Gasteiger partial charge in [-0.05, 0) is 12.1 Å². The minimum atomic E-state index is -2.32. The van der Waals surface area contributed by atoms with E-state index in [1.165, 1.54) is 0 Å². The minimum Gasteiger partial charge on any atom is -0.391 e. The number of aromatic amines is 1. The third-order valence-electron chi connectivity index (χ3n) is 8.11. The fourth-order valence-electron chi connectivity index (χ4n) is 6.15. The second-order valence-electron chi connectivity index (χ2n) is 10.2. The van der Waals surface area contributed by atoms with Gasteiger partial charge in [-0.25, -0.2) is 17.6 Å². The molecule has 7 rings (SSSR count). The Kier molecular flexibility index (Phi) is 5.54. The van der Waals surface area contributed by atoms with Crippen molar-refractivity contribution in [2.24, 2.45) is 0 Å². The molecule has 0 unspecified atom stereocenters. The van der Waals surface area contributed by atoms with E-state index in [2.05, 4.69) is 10.3 Å². The normalized spacial score (nSPS) is 26.2. The number of nitrogens with zero attached hydrogens (tertiary/aromatic N) is 1. The van der Waals surface area contributed by atoms with Gasteiger partial charge >= 0.3 is 0 Å². The predicted octanol–water partition coefficient (Wildman–Crippen LogP) is 1.82. The van der Waals surface area contributed by atoms with Crippen LogP contribution in [-0.2, 0) is 9.47 Å². The number of methoxy groups -OCH3 is 1. The Hall–Kier alpha value is -4.12. The molecule has 1 fully saturated rings. The summed E-state index contributed by atoms with van der Waals surface area (Å²) in [6.45, 7) is -1.03. The number of ether oxygens (including phenoxy) is 2. The SMILES string of the molecule is CO[C@]1(CO)O[C@@H](n2c3cc(F)c(F)cc3c3c4c(c5c6cc(F)c(F)cc6[nH]c5c32)C(=O)NC4=O)[C@H](O)[C@@H](O)[C@@H]1O. The fourth-order valence-corrected chi connectivity index (χ4v) is 6.15. The lowest BCUT2D eigenvalue weighted by atomic mass is 9.94. The summed E-state index contributed by atoms with van der Waals surface area (Å²) in [5, 5.41) is 44.3. The Morgan fingerprint density at radius 1 is 0.905 bits per heavy atom. The molecule has 6 N–H and O–H groups in total. The monoisotopic (exact) mass is 589 g/mol. The van der Waals surface area contributed by atoms with Crippen LogP contribution in [0.2, 0.25) is 0 Å². The number of nitrogens with one attached hydrogen (secondary N) is 2. The number of H-pyrrole nitrogens is 1. The number of carbonyl (C=O) groups is 2. The number of benzene rings is 3. The van der Waals surface area contributed by atoms with E-state index < -0.39 is 72.0 Å². The molecule has 0 spiro atoms. The molecule has 42 heavy (non-hydrogen) atoms. The maximum Gasteiger partial charge on any atom is 0.259 e. The molecule has 2 aliphatic heterocycles. The van der Waals surface area contributed by atoms with Crippen molar-refractivity contribution >= 4 is 55.4 Å². The zero-order valence-corrected chi connectivity index (χ0v) is 21.2. The molecule has 2 aliphatic rings. The fraction of sp³-hybridized carbons (Fsp3) is 0.259. The third kappa shape index (κ3) is 3.20. The molecule has 4 heterocycles. The van der Waals surface area contributed by atoms with Crippen molar-refractivity contribution in [1.82, 2.24) is 14.9 Å². The summed E-state index contributed by atoms with van der Waals surface area (Å²) in [6.07, 6.45) is -7.82. The largest absolute Gasteiger partial charge is 0.391 e. The van der Waals surface area contributed by atoms with Crippen LogP contribution in [0.25, 0.3) is 43.6 Å². The van der Waals surface area contributed by atoms with E-state index >= 15 is 0 Å². The Labute approximate surface area is 230 Å². The van der Waals surface area contributed by atoms with Gasteiger partial charge in [0, 0.05) is 46.3 Å². The highest BCUT2D eigenvalue weighted by atomic mass is 19.2. The first kappa shape index (κ1) is 26.8. The molecule has 2 amide bonds. The molecule has 0 saturated carbocycles. The number of aliphatic hydroxyl groups excluding tert-OH is 4. The number of aromatic nitrogens is 2. The number of aliphatic hydroxyl groups is 4. The van der Waals surface area contributed by atoms with Crippen LogP contribution < -0.4 is 5.32 Å². The molecule has 5 atom stereocenters. The van der Waals surface area contributed by atoms with Crippen molar-refractivity contribution in [3.05, 3.63) is 58.7 Å². The van der Waals surface area contributed by atoms with Crippen LogP contribution in [0.4, 0.5) is 17.6 Å². The van der Waals surface area contributed by atoms with Crippen molar-refractivity contribution in [2.75, 3.05) is 13.7 Å².